The van der Waals surface area contributed by atoms with Gasteiger partial charge in [0.1, 0.15) is 5.82 Å². The lowest BCUT2D eigenvalue weighted by Crippen LogP contribution is -2.41. The van der Waals surface area contributed by atoms with Gasteiger partial charge in [0, 0.05) is 50.6 Å². The van der Waals surface area contributed by atoms with Crippen LogP contribution in [0.5, 0.6) is 0 Å². The smallest absolute Gasteiger partial charge is 0.267 e. The van der Waals surface area contributed by atoms with Crippen LogP contribution in [0.4, 0.5) is 5.82 Å². The molecule has 2 atom stereocenters. The monoisotopic (exact) mass is 438 g/mol. The van der Waals surface area contributed by atoms with E-state index < -0.39 is 0 Å². The molecule has 0 saturated carbocycles. The minimum atomic E-state index is -0.369. The summed E-state index contributed by atoms with van der Waals surface area (Å²) >= 11 is 0. The molecule has 0 aromatic carbocycles. The molecule has 2 fully saturated rings. The third-order valence-electron chi connectivity index (χ3n) is 5.52. The molecule has 0 radical (unpaired) electrons. The zero-order valence-corrected chi connectivity index (χ0v) is 18.2. The fourth-order valence-corrected chi connectivity index (χ4v) is 3.89. The van der Waals surface area contributed by atoms with Crippen molar-refractivity contribution in [3.05, 3.63) is 54.3 Å². The number of ether oxygens (including phenoxy) is 1. The van der Waals surface area contributed by atoms with Gasteiger partial charge in [0.15, 0.2) is 6.29 Å². The van der Waals surface area contributed by atoms with E-state index >= 15 is 0 Å². The number of nitrogens with zero attached hydrogens (tertiary/aromatic N) is 4. The van der Waals surface area contributed by atoms with Crippen molar-refractivity contribution in [1.29, 1.82) is 0 Å². The number of rotatable bonds is 8. The normalized spacial score (nSPS) is 22.0. The van der Waals surface area contributed by atoms with Gasteiger partial charge >= 0.3 is 0 Å². The first-order valence-electron chi connectivity index (χ1n) is 11.2. The van der Waals surface area contributed by atoms with Crippen LogP contribution in [-0.2, 0) is 20.9 Å². The predicted octanol–water partition coefficient (Wildman–Crippen LogP) is 2.54. The summed E-state index contributed by atoms with van der Waals surface area (Å²) in [6, 6.07) is 4.45. The largest absolute Gasteiger partial charge is 0.365 e. The number of hydroxylamine groups is 1. The van der Waals surface area contributed by atoms with Crippen LogP contribution in [0.3, 0.4) is 0 Å². The van der Waals surface area contributed by atoms with Crippen LogP contribution in [0.15, 0.2) is 43.0 Å². The molecule has 2 aliphatic rings. The summed E-state index contributed by atoms with van der Waals surface area (Å²) in [6.45, 7) is 3.63. The van der Waals surface area contributed by atoms with E-state index in [1.807, 2.05) is 12.4 Å². The van der Waals surface area contributed by atoms with Gasteiger partial charge in [-0.1, -0.05) is 0 Å². The molecule has 4 rings (SSSR count). The zero-order valence-electron chi connectivity index (χ0n) is 18.2. The Bertz CT molecular complexity index is 871. The van der Waals surface area contributed by atoms with Crippen LogP contribution in [0.2, 0.25) is 0 Å². The second kappa shape index (κ2) is 11.7. The maximum atomic E-state index is 11.9. The number of likely N-dealkylation sites (tertiary alicyclic amines) is 1. The summed E-state index contributed by atoms with van der Waals surface area (Å²) in [5.41, 5.74) is 4.27. The Hall–Kier alpha value is -2.88. The number of hydrogen-bond acceptors (Lipinski definition) is 8. The van der Waals surface area contributed by atoms with Gasteiger partial charge < -0.3 is 10.1 Å². The molecule has 1 unspecified atom stereocenters. The molecule has 2 aromatic rings. The Morgan fingerprint density at radius 3 is 2.88 bits per heavy atom. The van der Waals surface area contributed by atoms with Crippen molar-refractivity contribution in [2.24, 2.45) is 0 Å². The average molecular weight is 439 g/mol. The first-order valence-corrected chi connectivity index (χ1v) is 11.2. The second-order valence-corrected chi connectivity index (χ2v) is 8.11. The molecular formula is C23H30N6O3. The van der Waals surface area contributed by atoms with Gasteiger partial charge in [0.05, 0.1) is 18.1 Å². The molecule has 0 spiro atoms. The molecule has 2 saturated heterocycles. The van der Waals surface area contributed by atoms with Gasteiger partial charge in [0.25, 0.3) is 5.91 Å². The number of carbonyl (C=O) groups excluding carboxylic acids is 1. The average Bonchev–Trinajstić information content (AvgIpc) is 2.84. The number of carbonyl (C=O) groups is 1. The first-order chi connectivity index (χ1) is 15.7. The first kappa shape index (κ1) is 22.3. The van der Waals surface area contributed by atoms with Crippen molar-refractivity contribution in [1.82, 2.24) is 25.3 Å². The van der Waals surface area contributed by atoms with Gasteiger partial charge in [-0.25, -0.2) is 15.3 Å². The third kappa shape index (κ3) is 7.08. The Morgan fingerprint density at radius 1 is 1.19 bits per heavy atom. The lowest BCUT2D eigenvalue weighted by atomic mass is 10.0. The van der Waals surface area contributed by atoms with E-state index in [0.717, 1.165) is 57.6 Å². The van der Waals surface area contributed by atoms with Crippen molar-refractivity contribution in [3.63, 3.8) is 0 Å². The SMILES string of the molecule is O=C(/C=C/c1cnc(N[C@@H]2CCCN(Cc3ccncc3)C2)cn1)NOC1CCCCO1. The maximum absolute atomic E-state index is 11.9. The summed E-state index contributed by atoms with van der Waals surface area (Å²) in [4.78, 5) is 32.5. The standard InChI is InChI=1S/C23H30N6O3/c30-22(28-32-23-5-1-2-13-31-23)7-6-19-14-26-21(15-25-19)27-20-4-3-12-29(17-20)16-18-8-10-24-11-9-18/h6-11,14-15,20,23H,1-5,12-13,16-17H2,(H,26,27)(H,28,30)/b7-6+/t20-,23?/m1/s1. The van der Waals surface area contributed by atoms with Crippen LogP contribution >= 0.6 is 0 Å². The molecular weight excluding hydrogens is 408 g/mol. The highest BCUT2D eigenvalue weighted by molar-refractivity contribution is 5.90. The lowest BCUT2D eigenvalue weighted by molar-refractivity contribution is -0.198. The number of anilines is 1. The van der Waals surface area contributed by atoms with Gasteiger partial charge in [-0.15, -0.1) is 0 Å². The van der Waals surface area contributed by atoms with Crippen molar-refractivity contribution < 1.29 is 14.4 Å². The molecule has 9 nitrogen and oxygen atoms in total. The van der Waals surface area contributed by atoms with Crippen LogP contribution in [0.25, 0.3) is 6.08 Å². The Kier molecular flexibility index (Phi) is 8.13. The van der Waals surface area contributed by atoms with Gasteiger partial charge in [-0.2, -0.15) is 0 Å². The maximum Gasteiger partial charge on any atom is 0.267 e. The number of aromatic nitrogens is 3. The van der Waals surface area contributed by atoms with E-state index in [1.54, 1.807) is 18.5 Å². The van der Waals surface area contributed by atoms with Gasteiger partial charge in [-0.05, 0) is 56.0 Å². The van der Waals surface area contributed by atoms with E-state index in [-0.39, 0.29) is 12.2 Å². The quantitative estimate of drug-likeness (QED) is 0.479. The number of pyridine rings is 1. The van der Waals surface area contributed by atoms with Crippen LogP contribution < -0.4 is 10.8 Å². The number of piperidine rings is 1. The van der Waals surface area contributed by atoms with Crippen molar-refractivity contribution in [2.75, 3.05) is 25.0 Å². The zero-order chi connectivity index (χ0) is 22.0. The molecule has 2 aromatic heterocycles. The van der Waals surface area contributed by atoms with Crippen LogP contribution in [-0.4, -0.2) is 57.8 Å². The van der Waals surface area contributed by atoms with E-state index in [0.29, 0.717) is 18.3 Å². The summed E-state index contributed by atoms with van der Waals surface area (Å²) in [7, 11) is 0. The van der Waals surface area contributed by atoms with Crippen molar-refractivity contribution in [2.45, 2.75) is 51.0 Å². The van der Waals surface area contributed by atoms with Crippen molar-refractivity contribution in [3.8, 4) is 0 Å². The lowest BCUT2D eigenvalue weighted by Gasteiger charge is -2.33. The number of nitrogens with one attached hydrogen (secondary N) is 2. The topological polar surface area (TPSA) is 102 Å². The predicted molar refractivity (Wildman–Crippen MR) is 120 cm³/mol. The molecule has 4 heterocycles. The Morgan fingerprint density at radius 2 is 2.09 bits per heavy atom. The highest BCUT2D eigenvalue weighted by Crippen LogP contribution is 2.17. The summed E-state index contributed by atoms with van der Waals surface area (Å²) < 4.78 is 5.41. The van der Waals surface area contributed by atoms with Crippen LogP contribution in [0.1, 0.15) is 43.4 Å². The highest BCUT2D eigenvalue weighted by atomic mass is 16.8. The molecule has 1 amide bonds. The minimum Gasteiger partial charge on any atom is -0.365 e. The molecule has 9 heteroatoms. The number of hydrogen-bond donors (Lipinski definition) is 2. The number of amides is 1. The van der Waals surface area contributed by atoms with Gasteiger partial charge in [0.2, 0.25) is 0 Å². The highest BCUT2D eigenvalue weighted by Gasteiger charge is 2.20. The second-order valence-electron chi connectivity index (χ2n) is 8.11. The molecule has 2 N–H and O–H groups in total. The molecule has 0 bridgehead atoms. The van der Waals surface area contributed by atoms with E-state index in [2.05, 4.69) is 42.8 Å². The van der Waals surface area contributed by atoms with Crippen molar-refractivity contribution >= 4 is 17.8 Å². The summed E-state index contributed by atoms with van der Waals surface area (Å²) in [5, 5.41) is 3.48. The van der Waals surface area contributed by atoms with E-state index in [4.69, 9.17) is 9.57 Å². The fraction of sp³-hybridized carbons (Fsp3) is 0.478. The third-order valence-corrected chi connectivity index (χ3v) is 5.52. The summed E-state index contributed by atoms with van der Waals surface area (Å²) in [6.07, 6.45) is 14.7. The Balaban J connectivity index is 1.21. The van der Waals surface area contributed by atoms with Crippen LogP contribution in [0, 0.1) is 0 Å². The molecule has 0 aliphatic carbocycles. The molecule has 32 heavy (non-hydrogen) atoms. The Labute approximate surface area is 188 Å². The van der Waals surface area contributed by atoms with E-state index in [9.17, 15) is 4.79 Å². The summed E-state index contributed by atoms with van der Waals surface area (Å²) in [5.74, 6) is 0.375. The molecule has 170 valence electrons. The molecule has 2 aliphatic heterocycles. The fourth-order valence-electron chi connectivity index (χ4n) is 3.89. The minimum absolute atomic E-state index is 0.325. The van der Waals surface area contributed by atoms with Gasteiger partial charge in [-0.3, -0.25) is 19.7 Å². The van der Waals surface area contributed by atoms with E-state index in [1.165, 1.54) is 11.6 Å².